The summed E-state index contributed by atoms with van der Waals surface area (Å²) in [5, 5.41) is 20.9. The zero-order valence-electron chi connectivity index (χ0n) is 10.7. The molecular formula is C12H16FN3O3. The Labute approximate surface area is 109 Å². The van der Waals surface area contributed by atoms with Crippen LogP contribution in [0.4, 0.5) is 4.39 Å². The van der Waals surface area contributed by atoms with Gasteiger partial charge in [0, 0.05) is 19.5 Å². The van der Waals surface area contributed by atoms with Gasteiger partial charge in [-0.1, -0.05) is 18.1 Å². The van der Waals surface area contributed by atoms with E-state index in [0.29, 0.717) is 0 Å². The largest absolute Gasteiger partial charge is 0.507 e. The van der Waals surface area contributed by atoms with Crippen molar-refractivity contribution in [2.24, 2.45) is 16.8 Å². The molecule has 104 valence electrons. The van der Waals surface area contributed by atoms with Crippen LogP contribution in [0.1, 0.15) is 17.3 Å². The van der Waals surface area contributed by atoms with E-state index < -0.39 is 29.0 Å². The molecule has 0 saturated carbocycles. The third kappa shape index (κ3) is 3.34. The maximum atomic E-state index is 13.5. The third-order valence-corrected chi connectivity index (χ3v) is 2.72. The molecule has 1 rings (SSSR count). The van der Waals surface area contributed by atoms with Crippen LogP contribution < -0.4 is 5.73 Å². The van der Waals surface area contributed by atoms with Crippen molar-refractivity contribution in [1.82, 2.24) is 4.90 Å². The molecular weight excluding hydrogens is 253 g/mol. The van der Waals surface area contributed by atoms with Crippen LogP contribution >= 0.6 is 0 Å². The fourth-order valence-electron chi connectivity index (χ4n) is 1.60. The van der Waals surface area contributed by atoms with Crippen molar-refractivity contribution in [3.8, 4) is 5.75 Å². The summed E-state index contributed by atoms with van der Waals surface area (Å²) >= 11 is 0. The van der Waals surface area contributed by atoms with Gasteiger partial charge >= 0.3 is 0 Å². The van der Waals surface area contributed by atoms with Crippen LogP contribution in [0.5, 0.6) is 5.75 Å². The predicted molar refractivity (Wildman–Crippen MR) is 67.6 cm³/mol. The number of halogens is 1. The Morgan fingerprint density at radius 3 is 2.74 bits per heavy atom. The van der Waals surface area contributed by atoms with Gasteiger partial charge in [0.1, 0.15) is 23.0 Å². The number of nitrogens with zero attached hydrogens (tertiary/aromatic N) is 2. The summed E-state index contributed by atoms with van der Waals surface area (Å²) in [5.74, 6) is -2.32. The van der Waals surface area contributed by atoms with Crippen molar-refractivity contribution >= 4 is 11.7 Å². The Morgan fingerprint density at radius 2 is 2.21 bits per heavy atom. The molecule has 1 atom stereocenters. The molecule has 1 amide bonds. The molecule has 6 nitrogen and oxygen atoms in total. The number of hydrogen-bond acceptors (Lipinski definition) is 4. The van der Waals surface area contributed by atoms with Gasteiger partial charge in [-0.3, -0.25) is 4.79 Å². The van der Waals surface area contributed by atoms with Crippen molar-refractivity contribution in [2.75, 3.05) is 13.6 Å². The lowest BCUT2D eigenvalue weighted by Gasteiger charge is -2.21. The molecule has 7 heteroatoms. The normalized spacial score (nSPS) is 13.1. The maximum Gasteiger partial charge on any atom is 0.260 e. The second-order valence-corrected chi connectivity index (χ2v) is 4.25. The van der Waals surface area contributed by atoms with Gasteiger partial charge in [0.25, 0.3) is 5.91 Å². The van der Waals surface area contributed by atoms with Gasteiger partial charge in [0.2, 0.25) is 0 Å². The molecule has 0 saturated heterocycles. The van der Waals surface area contributed by atoms with Crippen molar-refractivity contribution in [1.29, 1.82) is 0 Å². The molecule has 4 N–H and O–H groups in total. The Bertz CT molecular complexity index is 485. The lowest BCUT2D eigenvalue weighted by molar-refractivity contribution is 0.0778. The molecule has 0 heterocycles. The average Bonchev–Trinajstić information content (AvgIpc) is 2.37. The maximum absolute atomic E-state index is 13.5. The van der Waals surface area contributed by atoms with E-state index in [0.717, 1.165) is 6.07 Å². The lowest BCUT2D eigenvalue weighted by Crippen LogP contribution is -2.36. The summed E-state index contributed by atoms with van der Waals surface area (Å²) in [6, 6.07) is 3.63. The van der Waals surface area contributed by atoms with E-state index in [4.69, 9.17) is 10.9 Å². The quantitative estimate of drug-likeness (QED) is 0.328. The lowest BCUT2D eigenvalue weighted by atomic mass is 10.1. The molecule has 19 heavy (non-hydrogen) atoms. The molecule has 1 aromatic rings. The van der Waals surface area contributed by atoms with E-state index in [1.807, 2.05) is 0 Å². The highest BCUT2D eigenvalue weighted by Gasteiger charge is 2.22. The molecule has 0 aromatic heterocycles. The van der Waals surface area contributed by atoms with E-state index in [-0.39, 0.29) is 12.4 Å². The van der Waals surface area contributed by atoms with E-state index in [1.165, 1.54) is 24.1 Å². The standard InChI is InChI=1S/C12H16FN3O3/c1-7(11(14)15-19)6-16(2)12(18)10-8(13)4-3-5-9(10)17/h3-5,7,17,19H,6H2,1-2H3,(H2,14,15). The van der Waals surface area contributed by atoms with Crippen LogP contribution in [-0.4, -0.2) is 40.5 Å². The second kappa shape index (κ2) is 6.03. The van der Waals surface area contributed by atoms with E-state index in [2.05, 4.69) is 5.16 Å². The van der Waals surface area contributed by atoms with Gasteiger partial charge in [-0.2, -0.15) is 0 Å². The van der Waals surface area contributed by atoms with Crippen molar-refractivity contribution in [3.05, 3.63) is 29.6 Å². The summed E-state index contributed by atoms with van der Waals surface area (Å²) in [7, 11) is 1.44. The first-order chi connectivity index (χ1) is 8.88. The molecule has 1 unspecified atom stereocenters. The highest BCUT2D eigenvalue weighted by molar-refractivity contribution is 5.97. The fourth-order valence-corrected chi connectivity index (χ4v) is 1.60. The number of aromatic hydroxyl groups is 1. The summed E-state index contributed by atoms with van der Waals surface area (Å²) in [5.41, 5.74) is 5.01. The Balaban J connectivity index is 2.89. The minimum absolute atomic E-state index is 0.0302. The van der Waals surface area contributed by atoms with Gasteiger partial charge < -0.3 is 20.9 Å². The molecule has 0 bridgehead atoms. The van der Waals surface area contributed by atoms with Gasteiger partial charge in [0.05, 0.1) is 0 Å². The minimum atomic E-state index is -0.798. The number of rotatable bonds is 4. The summed E-state index contributed by atoms with van der Waals surface area (Å²) in [6.45, 7) is 1.78. The molecule has 0 fully saturated rings. The predicted octanol–water partition coefficient (Wildman–Crippen LogP) is 0.986. The molecule has 0 aliphatic heterocycles. The Hall–Kier alpha value is -2.31. The highest BCUT2D eigenvalue weighted by atomic mass is 19.1. The number of amidine groups is 1. The van der Waals surface area contributed by atoms with Gasteiger partial charge in [-0.05, 0) is 12.1 Å². The van der Waals surface area contributed by atoms with Crippen LogP contribution in [0.3, 0.4) is 0 Å². The van der Waals surface area contributed by atoms with Crippen molar-refractivity contribution < 1.29 is 19.5 Å². The first kappa shape index (κ1) is 14.7. The molecule has 1 aromatic carbocycles. The van der Waals surface area contributed by atoms with Crippen molar-refractivity contribution in [3.63, 3.8) is 0 Å². The average molecular weight is 269 g/mol. The Morgan fingerprint density at radius 1 is 1.58 bits per heavy atom. The molecule has 0 radical (unpaired) electrons. The third-order valence-electron chi connectivity index (χ3n) is 2.72. The number of oxime groups is 1. The zero-order chi connectivity index (χ0) is 14.6. The topological polar surface area (TPSA) is 99.2 Å². The summed E-state index contributed by atoms with van der Waals surface area (Å²) in [4.78, 5) is 13.2. The summed E-state index contributed by atoms with van der Waals surface area (Å²) in [6.07, 6.45) is 0. The monoisotopic (exact) mass is 269 g/mol. The van der Waals surface area contributed by atoms with Crippen LogP contribution in [0, 0.1) is 11.7 Å². The molecule has 0 aliphatic rings. The zero-order valence-corrected chi connectivity index (χ0v) is 10.7. The van der Waals surface area contributed by atoms with Gasteiger partial charge in [0.15, 0.2) is 0 Å². The second-order valence-electron chi connectivity index (χ2n) is 4.25. The minimum Gasteiger partial charge on any atom is -0.507 e. The smallest absolute Gasteiger partial charge is 0.260 e. The summed E-state index contributed by atoms with van der Waals surface area (Å²) < 4.78 is 13.5. The van der Waals surface area contributed by atoms with E-state index in [1.54, 1.807) is 6.92 Å². The number of amides is 1. The molecule has 0 spiro atoms. The van der Waals surface area contributed by atoms with Crippen LogP contribution in [0.2, 0.25) is 0 Å². The number of phenolic OH excluding ortho intramolecular Hbond substituents is 1. The number of carbonyl (C=O) groups is 1. The number of nitrogens with two attached hydrogens (primary N) is 1. The highest BCUT2D eigenvalue weighted by Crippen LogP contribution is 2.21. The van der Waals surface area contributed by atoms with Gasteiger partial charge in [-0.25, -0.2) is 4.39 Å². The SMILES string of the molecule is CC(CN(C)C(=O)c1c(O)cccc1F)/C(N)=N/O. The van der Waals surface area contributed by atoms with Crippen LogP contribution in [0.25, 0.3) is 0 Å². The molecule has 0 aliphatic carbocycles. The van der Waals surface area contributed by atoms with Crippen LogP contribution in [0.15, 0.2) is 23.4 Å². The first-order valence-electron chi connectivity index (χ1n) is 5.58. The van der Waals surface area contributed by atoms with E-state index >= 15 is 0 Å². The number of benzene rings is 1. The Kier molecular flexibility index (Phi) is 4.68. The van der Waals surface area contributed by atoms with E-state index in [9.17, 15) is 14.3 Å². The van der Waals surface area contributed by atoms with Gasteiger partial charge in [-0.15, -0.1) is 0 Å². The number of hydrogen-bond donors (Lipinski definition) is 3. The van der Waals surface area contributed by atoms with Crippen molar-refractivity contribution in [2.45, 2.75) is 6.92 Å². The fraction of sp³-hybridized carbons (Fsp3) is 0.333. The van der Waals surface area contributed by atoms with Crippen LogP contribution in [-0.2, 0) is 0 Å². The number of carbonyl (C=O) groups excluding carboxylic acids is 1. The number of phenols is 1. The first-order valence-corrected chi connectivity index (χ1v) is 5.58.